The van der Waals surface area contributed by atoms with Gasteiger partial charge in [-0.3, -0.25) is 0 Å². The molecule has 4 nitrogen and oxygen atoms in total. The monoisotopic (exact) mass is 307 g/mol. The summed E-state index contributed by atoms with van der Waals surface area (Å²) in [5.41, 5.74) is 2.62. The number of nitrogens with zero attached hydrogens (tertiary/aromatic N) is 2. The molecule has 0 radical (unpaired) electrons. The van der Waals surface area contributed by atoms with Crippen molar-refractivity contribution in [3.05, 3.63) is 18.2 Å². The number of rotatable bonds is 2. The van der Waals surface area contributed by atoms with Crippen molar-refractivity contribution >= 4 is 37.5 Å². The first kappa shape index (κ1) is 10.7. The van der Waals surface area contributed by atoms with Gasteiger partial charge < -0.3 is 0 Å². The molecule has 18 heavy (non-hydrogen) atoms. The average molecular weight is 306 g/mol. The summed E-state index contributed by atoms with van der Waals surface area (Å²) in [6, 6.07) is 5.81. The van der Waals surface area contributed by atoms with Crippen molar-refractivity contribution in [1.82, 2.24) is 0 Å². The molecule has 3 aliphatic rings. The van der Waals surface area contributed by atoms with Crippen LogP contribution in [0.3, 0.4) is 0 Å². The van der Waals surface area contributed by atoms with Crippen molar-refractivity contribution in [3.63, 3.8) is 0 Å². The molecule has 1 N–H and O–H groups in total. The van der Waals surface area contributed by atoms with E-state index in [1.54, 1.807) is 0 Å². The Morgan fingerprint density at radius 2 is 2.06 bits per heavy atom. The predicted octanol–water partition coefficient (Wildman–Crippen LogP) is 3.02. The molecular formula is C13H13N3OSe. The van der Waals surface area contributed by atoms with Crippen LogP contribution in [0.4, 0.5) is 17.1 Å². The average Bonchev–Trinajstić information content (AvgIpc) is 2.82. The molecule has 1 amide bonds. The Kier molecular flexibility index (Phi) is 2.32. The third-order valence-electron chi connectivity index (χ3n) is 4.16. The summed E-state index contributed by atoms with van der Waals surface area (Å²) in [5.74, 6) is 2.06. The minimum atomic E-state index is -0.0435. The summed E-state index contributed by atoms with van der Waals surface area (Å²) in [6.45, 7) is 0. The van der Waals surface area contributed by atoms with E-state index in [1.165, 1.54) is 6.42 Å². The maximum atomic E-state index is 12.2. The third kappa shape index (κ3) is 1.70. The SMILES string of the molecule is O=C(Nc1cccc2c1N=[Se]=N2)C1CC2CC2C1. The van der Waals surface area contributed by atoms with Crippen LogP contribution in [0, 0.1) is 17.8 Å². The molecule has 1 aromatic carbocycles. The fraction of sp³-hybridized carbons (Fsp3) is 0.462. The number of carbonyl (C=O) groups is 1. The molecule has 2 saturated carbocycles. The van der Waals surface area contributed by atoms with Gasteiger partial charge in [0.2, 0.25) is 0 Å². The number of carbonyl (C=O) groups excluding carboxylic acids is 1. The molecular weight excluding hydrogens is 293 g/mol. The molecule has 0 spiro atoms. The van der Waals surface area contributed by atoms with E-state index < -0.39 is 0 Å². The number of hydrogen-bond acceptors (Lipinski definition) is 3. The molecule has 2 unspecified atom stereocenters. The molecule has 4 rings (SSSR count). The van der Waals surface area contributed by atoms with Crippen LogP contribution in [0.1, 0.15) is 19.3 Å². The molecule has 2 aliphatic carbocycles. The Morgan fingerprint density at radius 1 is 1.22 bits per heavy atom. The summed E-state index contributed by atoms with van der Waals surface area (Å²) in [6.07, 6.45) is 3.51. The van der Waals surface area contributed by atoms with Gasteiger partial charge in [0.1, 0.15) is 0 Å². The van der Waals surface area contributed by atoms with Crippen molar-refractivity contribution < 1.29 is 4.79 Å². The van der Waals surface area contributed by atoms with E-state index in [0.29, 0.717) is 0 Å². The Bertz CT molecular complexity index is 596. The number of amides is 1. The van der Waals surface area contributed by atoms with E-state index in [-0.39, 0.29) is 26.4 Å². The van der Waals surface area contributed by atoms with Gasteiger partial charge in [0.15, 0.2) is 0 Å². The molecule has 0 saturated heterocycles. The van der Waals surface area contributed by atoms with E-state index in [2.05, 4.69) is 13.2 Å². The normalized spacial score (nSPS) is 30.6. The maximum absolute atomic E-state index is 12.2. The second kappa shape index (κ2) is 3.90. The van der Waals surface area contributed by atoms with Crippen molar-refractivity contribution in [2.24, 2.45) is 25.7 Å². The summed E-state index contributed by atoms with van der Waals surface area (Å²) in [7, 11) is 0. The molecule has 2 fully saturated rings. The van der Waals surface area contributed by atoms with Gasteiger partial charge in [0.05, 0.1) is 0 Å². The number of hydrogen-bond donors (Lipinski definition) is 1. The third-order valence-corrected chi connectivity index (χ3v) is 5.30. The first-order valence-electron chi connectivity index (χ1n) is 6.33. The second-order valence-electron chi connectivity index (χ2n) is 5.35. The summed E-state index contributed by atoms with van der Waals surface area (Å²) in [5, 5.41) is 3.04. The summed E-state index contributed by atoms with van der Waals surface area (Å²) >= 11 is -0.0435. The first-order valence-corrected chi connectivity index (χ1v) is 7.86. The van der Waals surface area contributed by atoms with Crippen LogP contribution in [0.2, 0.25) is 0 Å². The van der Waals surface area contributed by atoms with Gasteiger partial charge in [-0.2, -0.15) is 0 Å². The zero-order valence-corrected chi connectivity index (χ0v) is 11.5. The van der Waals surface area contributed by atoms with Gasteiger partial charge in [-0.25, -0.2) is 0 Å². The van der Waals surface area contributed by atoms with Gasteiger partial charge in [0.25, 0.3) is 0 Å². The van der Waals surface area contributed by atoms with Crippen LogP contribution in [0.25, 0.3) is 0 Å². The predicted molar refractivity (Wildman–Crippen MR) is 69.3 cm³/mol. The van der Waals surface area contributed by atoms with Crippen molar-refractivity contribution in [2.45, 2.75) is 19.3 Å². The van der Waals surface area contributed by atoms with Crippen molar-refractivity contribution in [2.75, 3.05) is 5.32 Å². The van der Waals surface area contributed by atoms with E-state index in [4.69, 9.17) is 0 Å². The van der Waals surface area contributed by atoms with E-state index in [0.717, 1.165) is 41.7 Å². The fourth-order valence-corrected chi connectivity index (χ4v) is 4.22. The van der Waals surface area contributed by atoms with E-state index in [9.17, 15) is 4.79 Å². The molecule has 0 bridgehead atoms. The van der Waals surface area contributed by atoms with Gasteiger partial charge in [0, 0.05) is 0 Å². The molecule has 92 valence electrons. The Morgan fingerprint density at radius 3 is 2.89 bits per heavy atom. The molecule has 0 aromatic heterocycles. The molecule has 1 aromatic rings. The van der Waals surface area contributed by atoms with Crippen LogP contribution in [-0.2, 0) is 4.79 Å². The molecule has 2 atom stereocenters. The van der Waals surface area contributed by atoms with Crippen LogP contribution in [0.5, 0.6) is 0 Å². The van der Waals surface area contributed by atoms with Gasteiger partial charge in [-0.05, 0) is 0 Å². The minimum absolute atomic E-state index is 0.0435. The second-order valence-corrected chi connectivity index (χ2v) is 6.46. The fourth-order valence-electron chi connectivity index (χ4n) is 3.07. The first-order chi connectivity index (χ1) is 8.81. The quantitative estimate of drug-likeness (QED) is 0.852. The number of anilines is 1. The number of benzene rings is 1. The summed E-state index contributed by atoms with van der Waals surface area (Å²) < 4.78 is 8.71. The van der Waals surface area contributed by atoms with Gasteiger partial charge >= 0.3 is 111 Å². The van der Waals surface area contributed by atoms with Crippen LogP contribution < -0.4 is 5.32 Å². The zero-order chi connectivity index (χ0) is 12.1. The van der Waals surface area contributed by atoms with Crippen LogP contribution in [0.15, 0.2) is 26.1 Å². The van der Waals surface area contributed by atoms with E-state index in [1.807, 2.05) is 18.2 Å². The van der Waals surface area contributed by atoms with Crippen LogP contribution >= 0.6 is 0 Å². The van der Waals surface area contributed by atoms with Gasteiger partial charge in [-0.1, -0.05) is 0 Å². The molecule has 1 aliphatic heterocycles. The topological polar surface area (TPSA) is 53.8 Å². The number of nitrogens with one attached hydrogen (secondary N) is 1. The Hall–Kier alpha value is -1.19. The number of fused-ring (bicyclic) bond motifs is 2. The molecule has 5 heteroatoms. The Balaban J connectivity index is 1.53. The van der Waals surface area contributed by atoms with Gasteiger partial charge in [-0.15, -0.1) is 0 Å². The summed E-state index contributed by atoms with van der Waals surface area (Å²) in [4.78, 5) is 12.2. The Labute approximate surface area is 111 Å². The van der Waals surface area contributed by atoms with Crippen molar-refractivity contribution in [1.29, 1.82) is 0 Å². The van der Waals surface area contributed by atoms with Crippen molar-refractivity contribution in [3.8, 4) is 0 Å². The van der Waals surface area contributed by atoms with E-state index >= 15 is 0 Å². The standard InChI is InChI=1S/C13H13N3OSe/c17-13(9-5-7-4-8(7)6-9)14-10-2-1-3-11-12(10)16-18-15-11/h1-3,7-9H,4-6H2,(H,14,17). The van der Waals surface area contributed by atoms with Crippen LogP contribution in [-0.4, -0.2) is 20.5 Å². The zero-order valence-electron chi connectivity index (χ0n) is 9.80. The molecule has 1 heterocycles.